The number of fused-ring (bicyclic) bond motifs is 1. The molecule has 8 nitrogen and oxygen atoms in total. The van der Waals surface area contributed by atoms with Gasteiger partial charge in [0, 0.05) is 28.2 Å². The summed E-state index contributed by atoms with van der Waals surface area (Å²) in [6.45, 7) is -0.298. The summed E-state index contributed by atoms with van der Waals surface area (Å²) in [4.78, 5) is 37.5. The number of nitrogens with one attached hydrogen (secondary N) is 1. The predicted octanol–water partition coefficient (Wildman–Crippen LogP) is 2.05. The number of benzene rings is 2. The van der Waals surface area contributed by atoms with Gasteiger partial charge in [-0.25, -0.2) is 13.9 Å². The molecule has 4 rings (SSSR count). The first-order valence-corrected chi connectivity index (χ1v) is 9.14. The summed E-state index contributed by atoms with van der Waals surface area (Å²) in [6, 6.07) is 16.0. The molecule has 0 bridgehead atoms. The lowest BCUT2D eigenvalue weighted by Gasteiger charge is -2.05. The Balaban J connectivity index is 1.67. The highest BCUT2D eigenvalue weighted by Gasteiger charge is 2.15. The van der Waals surface area contributed by atoms with Crippen LogP contribution in [-0.4, -0.2) is 24.7 Å². The molecule has 0 unspecified atom stereocenters. The van der Waals surface area contributed by atoms with Crippen LogP contribution in [-0.2, 0) is 11.3 Å². The lowest BCUT2D eigenvalue weighted by Crippen LogP contribution is -2.28. The molecule has 140 valence electrons. The topological polar surface area (TPSA) is 90.4 Å². The molecule has 1 N–H and O–H groups in total. The van der Waals surface area contributed by atoms with E-state index >= 15 is 0 Å². The molecule has 9 heteroatoms. The molecule has 28 heavy (non-hydrogen) atoms. The van der Waals surface area contributed by atoms with Crippen molar-refractivity contribution in [1.82, 2.24) is 18.7 Å². The van der Waals surface area contributed by atoms with Gasteiger partial charge in [-0.1, -0.05) is 34.1 Å². The van der Waals surface area contributed by atoms with Crippen LogP contribution in [0.25, 0.3) is 11.3 Å². The van der Waals surface area contributed by atoms with E-state index < -0.39 is 17.2 Å². The van der Waals surface area contributed by atoms with Gasteiger partial charge in [-0.15, -0.1) is 5.10 Å². The molecule has 0 fully saturated rings. The Labute approximate surface area is 166 Å². The van der Waals surface area contributed by atoms with Crippen molar-refractivity contribution in [3.63, 3.8) is 0 Å². The smallest absolute Gasteiger partial charge is 0.324 e. The second kappa shape index (κ2) is 7.28. The van der Waals surface area contributed by atoms with Gasteiger partial charge in [-0.05, 0) is 36.4 Å². The van der Waals surface area contributed by atoms with Crippen LogP contribution >= 0.6 is 15.9 Å². The molecule has 2 heterocycles. The average Bonchev–Trinajstić information content (AvgIpc) is 3.00. The number of para-hydroxylation sites is 1. The number of rotatable bonds is 4. The van der Waals surface area contributed by atoms with Gasteiger partial charge in [0.1, 0.15) is 6.54 Å². The van der Waals surface area contributed by atoms with Crippen LogP contribution < -0.4 is 16.6 Å². The van der Waals surface area contributed by atoms with Crippen LogP contribution in [0.5, 0.6) is 0 Å². The minimum absolute atomic E-state index is 0.0528. The molecule has 0 radical (unpaired) electrons. The SMILES string of the molecule is O=C(Cn1nc2c(=O)n(-c3ccc(Br)cc3)ccn2c1=O)Nc1ccccc1. The Kier molecular flexibility index (Phi) is 4.66. The van der Waals surface area contributed by atoms with Gasteiger partial charge in [-0.3, -0.25) is 14.2 Å². The number of carbonyl (C=O) groups is 1. The van der Waals surface area contributed by atoms with Gasteiger partial charge < -0.3 is 5.32 Å². The number of anilines is 1. The average molecular weight is 440 g/mol. The van der Waals surface area contributed by atoms with E-state index in [0.29, 0.717) is 11.4 Å². The molecule has 0 aliphatic rings. The monoisotopic (exact) mass is 439 g/mol. The number of halogens is 1. The van der Waals surface area contributed by atoms with Gasteiger partial charge in [0.15, 0.2) is 0 Å². The van der Waals surface area contributed by atoms with E-state index in [4.69, 9.17) is 0 Å². The van der Waals surface area contributed by atoms with E-state index in [-0.39, 0.29) is 12.2 Å². The summed E-state index contributed by atoms with van der Waals surface area (Å²) in [7, 11) is 0. The van der Waals surface area contributed by atoms with Crippen molar-refractivity contribution in [2.45, 2.75) is 6.54 Å². The largest absolute Gasteiger partial charge is 0.351 e. The fourth-order valence-corrected chi connectivity index (χ4v) is 3.04. The third-order valence-corrected chi connectivity index (χ3v) is 4.63. The molecule has 0 saturated heterocycles. The minimum atomic E-state index is -0.557. The number of nitrogens with zero attached hydrogens (tertiary/aromatic N) is 4. The third kappa shape index (κ3) is 3.39. The lowest BCUT2D eigenvalue weighted by atomic mass is 10.3. The number of amides is 1. The quantitative estimate of drug-likeness (QED) is 0.526. The van der Waals surface area contributed by atoms with E-state index in [1.807, 2.05) is 18.2 Å². The van der Waals surface area contributed by atoms with Crippen molar-refractivity contribution >= 4 is 33.2 Å². The fraction of sp³-hybridized carbons (Fsp3) is 0.0526. The third-order valence-electron chi connectivity index (χ3n) is 4.10. The van der Waals surface area contributed by atoms with Gasteiger partial charge in [0.2, 0.25) is 11.6 Å². The Morgan fingerprint density at radius 2 is 1.71 bits per heavy atom. The Morgan fingerprint density at radius 1 is 1.00 bits per heavy atom. The fourth-order valence-electron chi connectivity index (χ4n) is 2.78. The first-order valence-electron chi connectivity index (χ1n) is 8.34. The first-order chi connectivity index (χ1) is 13.5. The molecule has 2 aromatic heterocycles. The van der Waals surface area contributed by atoms with E-state index in [9.17, 15) is 14.4 Å². The molecule has 0 aliphatic carbocycles. The summed E-state index contributed by atoms with van der Waals surface area (Å²) in [6.07, 6.45) is 2.95. The number of aromatic nitrogens is 4. The predicted molar refractivity (Wildman–Crippen MR) is 108 cm³/mol. The highest BCUT2D eigenvalue weighted by molar-refractivity contribution is 9.10. The summed E-state index contributed by atoms with van der Waals surface area (Å²) >= 11 is 3.35. The molecule has 0 aliphatic heterocycles. The van der Waals surface area contributed by atoms with Crippen molar-refractivity contribution in [3.05, 3.63) is 92.3 Å². The van der Waals surface area contributed by atoms with Crippen molar-refractivity contribution < 1.29 is 4.79 Å². The maximum Gasteiger partial charge on any atom is 0.351 e. The Morgan fingerprint density at radius 3 is 2.43 bits per heavy atom. The molecule has 4 aromatic rings. The second-order valence-electron chi connectivity index (χ2n) is 6.00. The van der Waals surface area contributed by atoms with Gasteiger partial charge >= 0.3 is 11.2 Å². The number of hydrogen-bond donors (Lipinski definition) is 1. The van der Waals surface area contributed by atoms with Crippen molar-refractivity contribution in [2.75, 3.05) is 5.32 Å². The zero-order chi connectivity index (χ0) is 19.7. The van der Waals surface area contributed by atoms with Gasteiger partial charge in [0.05, 0.1) is 0 Å². The molecule has 1 amide bonds. The highest BCUT2D eigenvalue weighted by atomic mass is 79.9. The zero-order valence-corrected chi connectivity index (χ0v) is 16.0. The number of hydrogen-bond acceptors (Lipinski definition) is 4. The molecular weight excluding hydrogens is 426 g/mol. The van der Waals surface area contributed by atoms with E-state index in [0.717, 1.165) is 13.6 Å². The molecular formula is C19H14BrN5O3. The van der Waals surface area contributed by atoms with Crippen molar-refractivity contribution in [1.29, 1.82) is 0 Å². The maximum absolute atomic E-state index is 12.8. The normalized spacial score (nSPS) is 10.9. The Bertz CT molecular complexity index is 1270. The molecule has 2 aromatic carbocycles. The van der Waals surface area contributed by atoms with Crippen molar-refractivity contribution in [2.24, 2.45) is 0 Å². The minimum Gasteiger partial charge on any atom is -0.324 e. The molecule has 0 atom stereocenters. The summed E-state index contributed by atoms with van der Waals surface area (Å²) in [5.74, 6) is -0.412. The molecule has 0 spiro atoms. The van der Waals surface area contributed by atoms with Crippen LogP contribution in [0.2, 0.25) is 0 Å². The maximum atomic E-state index is 12.8. The van der Waals surface area contributed by atoms with E-state index in [2.05, 4.69) is 26.3 Å². The van der Waals surface area contributed by atoms with Crippen LogP contribution in [0.15, 0.2) is 81.1 Å². The summed E-state index contributed by atoms with van der Waals surface area (Å²) in [5.41, 5.74) is 0.187. The lowest BCUT2D eigenvalue weighted by molar-refractivity contribution is -0.117. The van der Waals surface area contributed by atoms with Gasteiger partial charge in [-0.2, -0.15) is 0 Å². The standard InChI is InChI=1S/C19H14BrN5O3/c20-13-6-8-15(9-7-13)23-10-11-24-17(18(23)27)22-25(19(24)28)12-16(26)21-14-4-2-1-3-5-14/h1-11H,12H2,(H,21,26). The van der Waals surface area contributed by atoms with Crippen LogP contribution in [0.4, 0.5) is 5.69 Å². The van der Waals surface area contributed by atoms with Crippen LogP contribution in [0.1, 0.15) is 0 Å². The van der Waals surface area contributed by atoms with Crippen molar-refractivity contribution in [3.8, 4) is 5.69 Å². The van der Waals surface area contributed by atoms with Gasteiger partial charge in [0.25, 0.3) is 0 Å². The Hall–Kier alpha value is -3.46. The van der Waals surface area contributed by atoms with Crippen LogP contribution in [0, 0.1) is 0 Å². The highest BCUT2D eigenvalue weighted by Crippen LogP contribution is 2.12. The van der Waals surface area contributed by atoms with Crippen LogP contribution in [0.3, 0.4) is 0 Å². The summed E-state index contributed by atoms with van der Waals surface area (Å²) in [5, 5.41) is 6.74. The molecule has 0 saturated carbocycles. The second-order valence-corrected chi connectivity index (χ2v) is 6.91. The number of carbonyl (C=O) groups excluding carboxylic acids is 1. The summed E-state index contributed by atoms with van der Waals surface area (Å²) < 4.78 is 4.38. The first kappa shape index (κ1) is 17.9. The zero-order valence-electron chi connectivity index (χ0n) is 14.4. The van der Waals surface area contributed by atoms with E-state index in [1.165, 1.54) is 17.0 Å². The van der Waals surface area contributed by atoms with E-state index in [1.54, 1.807) is 36.4 Å².